The fraction of sp³-hybridized carbons (Fsp3) is 0.700. The lowest BCUT2D eigenvalue weighted by Crippen LogP contribution is -2.03. The first-order valence-electron chi connectivity index (χ1n) is 8.66. The Bertz CT molecular complexity index is 308. The standard InChI is InChI=1S/C20H36O/c1-5-6-7-8-9-10-11-12-16-20(21)17-19(4)15-13-14-18(2)3/h5,14,17,20-21H,1,6-13,15-16H2,2-4H3/b19-17-/t20-/m1/s1. The first-order chi connectivity index (χ1) is 10.1. The molecule has 0 aromatic carbocycles. The summed E-state index contributed by atoms with van der Waals surface area (Å²) < 4.78 is 0. The fourth-order valence-corrected chi connectivity index (χ4v) is 2.43. The highest BCUT2D eigenvalue weighted by Gasteiger charge is 2.01. The van der Waals surface area contributed by atoms with E-state index in [0.29, 0.717) is 0 Å². The van der Waals surface area contributed by atoms with Gasteiger partial charge in [-0.05, 0) is 52.9 Å². The first-order valence-corrected chi connectivity index (χ1v) is 8.66. The summed E-state index contributed by atoms with van der Waals surface area (Å²) in [5.74, 6) is 0. The van der Waals surface area contributed by atoms with Crippen LogP contribution in [0.2, 0.25) is 0 Å². The Morgan fingerprint density at radius 3 is 2.19 bits per heavy atom. The second kappa shape index (κ2) is 14.1. The van der Waals surface area contributed by atoms with Crippen molar-refractivity contribution >= 4 is 0 Å². The zero-order valence-electron chi connectivity index (χ0n) is 14.5. The van der Waals surface area contributed by atoms with Gasteiger partial charge in [0.2, 0.25) is 0 Å². The van der Waals surface area contributed by atoms with Crippen molar-refractivity contribution in [2.45, 2.75) is 91.1 Å². The Balaban J connectivity index is 3.57. The normalized spacial score (nSPS) is 13.0. The van der Waals surface area contributed by atoms with Crippen LogP contribution in [0.15, 0.2) is 36.0 Å². The van der Waals surface area contributed by atoms with Gasteiger partial charge in [-0.25, -0.2) is 0 Å². The second-order valence-corrected chi connectivity index (χ2v) is 6.39. The molecule has 0 aromatic heterocycles. The van der Waals surface area contributed by atoms with E-state index in [-0.39, 0.29) is 6.10 Å². The summed E-state index contributed by atoms with van der Waals surface area (Å²) in [7, 11) is 0. The molecule has 1 heteroatoms. The summed E-state index contributed by atoms with van der Waals surface area (Å²) in [6.45, 7) is 10.1. The Hall–Kier alpha value is -0.820. The average Bonchev–Trinajstić information content (AvgIpc) is 2.41. The van der Waals surface area contributed by atoms with Crippen LogP contribution >= 0.6 is 0 Å². The molecule has 122 valence electrons. The Morgan fingerprint density at radius 1 is 0.952 bits per heavy atom. The van der Waals surface area contributed by atoms with Gasteiger partial charge in [-0.1, -0.05) is 61.5 Å². The van der Waals surface area contributed by atoms with E-state index >= 15 is 0 Å². The van der Waals surface area contributed by atoms with Crippen LogP contribution in [0.3, 0.4) is 0 Å². The van der Waals surface area contributed by atoms with Crippen LogP contribution < -0.4 is 0 Å². The number of hydrogen-bond acceptors (Lipinski definition) is 1. The lowest BCUT2D eigenvalue weighted by molar-refractivity contribution is 0.207. The zero-order chi connectivity index (χ0) is 15.9. The van der Waals surface area contributed by atoms with Gasteiger partial charge in [0, 0.05) is 0 Å². The maximum atomic E-state index is 10.00. The van der Waals surface area contributed by atoms with E-state index in [2.05, 4.69) is 33.4 Å². The van der Waals surface area contributed by atoms with Crippen molar-refractivity contribution in [1.82, 2.24) is 0 Å². The van der Waals surface area contributed by atoms with Gasteiger partial charge in [0.15, 0.2) is 0 Å². The molecule has 1 atom stereocenters. The van der Waals surface area contributed by atoms with Crippen LogP contribution in [0.1, 0.15) is 85.0 Å². The van der Waals surface area contributed by atoms with Crippen LogP contribution in [-0.4, -0.2) is 11.2 Å². The minimum atomic E-state index is -0.252. The monoisotopic (exact) mass is 292 g/mol. The van der Waals surface area contributed by atoms with Gasteiger partial charge in [0.05, 0.1) is 6.10 Å². The third kappa shape index (κ3) is 15.4. The third-order valence-electron chi connectivity index (χ3n) is 3.73. The number of aliphatic hydroxyl groups excluding tert-OH is 1. The highest BCUT2D eigenvalue weighted by atomic mass is 16.3. The Labute approximate surface area is 132 Å². The molecule has 0 aromatic rings. The summed E-state index contributed by atoms with van der Waals surface area (Å²) in [4.78, 5) is 0. The fourth-order valence-electron chi connectivity index (χ4n) is 2.43. The van der Waals surface area contributed by atoms with E-state index < -0.39 is 0 Å². The number of rotatable bonds is 13. The zero-order valence-corrected chi connectivity index (χ0v) is 14.5. The molecule has 0 rings (SSSR count). The topological polar surface area (TPSA) is 20.2 Å². The highest BCUT2D eigenvalue weighted by Crippen LogP contribution is 2.13. The van der Waals surface area contributed by atoms with Crippen LogP contribution in [0.4, 0.5) is 0 Å². The van der Waals surface area contributed by atoms with Crippen molar-refractivity contribution in [2.75, 3.05) is 0 Å². The van der Waals surface area contributed by atoms with Crippen molar-refractivity contribution in [3.63, 3.8) is 0 Å². The quantitative estimate of drug-likeness (QED) is 0.310. The molecule has 0 spiro atoms. The SMILES string of the molecule is C=CCCCCCCCC[C@@H](O)/C=C(/C)CCC=C(C)C. The Morgan fingerprint density at radius 2 is 1.57 bits per heavy atom. The van der Waals surface area contributed by atoms with Gasteiger partial charge in [0.1, 0.15) is 0 Å². The number of unbranched alkanes of at least 4 members (excludes halogenated alkanes) is 6. The average molecular weight is 293 g/mol. The molecule has 0 amide bonds. The van der Waals surface area contributed by atoms with Gasteiger partial charge in [-0.2, -0.15) is 0 Å². The molecule has 0 saturated carbocycles. The van der Waals surface area contributed by atoms with E-state index in [1.54, 1.807) is 0 Å². The van der Waals surface area contributed by atoms with E-state index in [9.17, 15) is 5.11 Å². The van der Waals surface area contributed by atoms with Crippen molar-refractivity contribution in [1.29, 1.82) is 0 Å². The molecular weight excluding hydrogens is 256 g/mol. The molecule has 0 radical (unpaired) electrons. The minimum absolute atomic E-state index is 0.252. The van der Waals surface area contributed by atoms with E-state index in [0.717, 1.165) is 32.1 Å². The van der Waals surface area contributed by atoms with Gasteiger partial charge in [-0.3, -0.25) is 0 Å². The lowest BCUT2D eigenvalue weighted by atomic mass is 10.0. The second-order valence-electron chi connectivity index (χ2n) is 6.39. The maximum absolute atomic E-state index is 10.00. The molecule has 0 fully saturated rings. The molecule has 0 bridgehead atoms. The molecular formula is C20H36O. The minimum Gasteiger partial charge on any atom is -0.389 e. The summed E-state index contributed by atoms with van der Waals surface area (Å²) in [6.07, 6.45) is 17.9. The summed E-state index contributed by atoms with van der Waals surface area (Å²) in [5.41, 5.74) is 2.68. The van der Waals surface area contributed by atoms with Crippen LogP contribution in [0.5, 0.6) is 0 Å². The van der Waals surface area contributed by atoms with Crippen LogP contribution in [0, 0.1) is 0 Å². The summed E-state index contributed by atoms with van der Waals surface area (Å²) >= 11 is 0. The van der Waals surface area contributed by atoms with E-state index in [4.69, 9.17) is 0 Å². The molecule has 1 N–H and O–H groups in total. The smallest absolute Gasteiger partial charge is 0.0723 e. The largest absolute Gasteiger partial charge is 0.389 e. The molecule has 21 heavy (non-hydrogen) atoms. The number of hydrogen-bond donors (Lipinski definition) is 1. The van der Waals surface area contributed by atoms with Crippen molar-refractivity contribution in [2.24, 2.45) is 0 Å². The van der Waals surface area contributed by atoms with Gasteiger partial charge in [-0.15, -0.1) is 6.58 Å². The number of allylic oxidation sites excluding steroid dienone is 4. The van der Waals surface area contributed by atoms with Crippen molar-refractivity contribution < 1.29 is 5.11 Å². The molecule has 0 aliphatic heterocycles. The molecule has 0 aliphatic rings. The molecule has 1 nitrogen and oxygen atoms in total. The number of aliphatic hydroxyl groups is 1. The molecule has 0 heterocycles. The predicted octanol–water partition coefficient (Wildman–Crippen LogP) is 6.35. The van der Waals surface area contributed by atoms with Crippen LogP contribution in [-0.2, 0) is 0 Å². The maximum Gasteiger partial charge on any atom is 0.0723 e. The van der Waals surface area contributed by atoms with Gasteiger partial charge in [0.25, 0.3) is 0 Å². The van der Waals surface area contributed by atoms with Crippen LogP contribution in [0.25, 0.3) is 0 Å². The Kier molecular flexibility index (Phi) is 13.6. The summed E-state index contributed by atoms with van der Waals surface area (Å²) in [6, 6.07) is 0. The third-order valence-corrected chi connectivity index (χ3v) is 3.73. The van der Waals surface area contributed by atoms with Crippen molar-refractivity contribution in [3.05, 3.63) is 36.0 Å². The molecule has 0 saturated heterocycles. The first kappa shape index (κ1) is 20.2. The van der Waals surface area contributed by atoms with E-state index in [1.165, 1.54) is 43.3 Å². The van der Waals surface area contributed by atoms with Gasteiger partial charge >= 0.3 is 0 Å². The molecule has 0 unspecified atom stereocenters. The van der Waals surface area contributed by atoms with Crippen molar-refractivity contribution in [3.8, 4) is 0 Å². The highest BCUT2D eigenvalue weighted by molar-refractivity contribution is 5.04. The van der Waals surface area contributed by atoms with E-state index in [1.807, 2.05) is 12.2 Å². The summed E-state index contributed by atoms with van der Waals surface area (Å²) in [5, 5.41) is 10.00. The predicted molar refractivity (Wildman–Crippen MR) is 95.6 cm³/mol. The van der Waals surface area contributed by atoms with Gasteiger partial charge < -0.3 is 5.11 Å². The lowest BCUT2D eigenvalue weighted by Gasteiger charge is -2.08. The molecule has 0 aliphatic carbocycles.